The molecule has 0 aliphatic heterocycles. The number of rotatable bonds is 10. The largest absolute Gasteiger partial charge is 1.00 e. The Morgan fingerprint density at radius 2 is 1.60 bits per heavy atom. The molecule has 1 N–H and O–H groups in total. The molecule has 0 radical (unpaired) electrons. The number of ether oxygens (including phenoxy) is 2. The van der Waals surface area contributed by atoms with Crippen molar-refractivity contribution in [2.45, 2.75) is 31.1 Å². The second-order valence-corrected chi connectivity index (χ2v) is 11.8. The van der Waals surface area contributed by atoms with E-state index in [4.69, 9.17) is 9.47 Å². The second kappa shape index (κ2) is 13.9. The van der Waals surface area contributed by atoms with Gasteiger partial charge in [0.25, 0.3) is 0 Å². The molecule has 204 valence electrons. The van der Waals surface area contributed by atoms with Crippen molar-refractivity contribution in [2.24, 2.45) is 4.36 Å². The van der Waals surface area contributed by atoms with Gasteiger partial charge in [-0.15, -0.1) is 0 Å². The quantitative estimate of drug-likeness (QED) is 0.204. The summed E-state index contributed by atoms with van der Waals surface area (Å²) < 4.78 is 42.7. The molecule has 1 unspecified atom stereocenters. The summed E-state index contributed by atoms with van der Waals surface area (Å²) in [5.41, 5.74) is 2.29. The average molecular weight is 637 g/mol. The Morgan fingerprint density at radius 1 is 0.975 bits per heavy atom. The second-order valence-electron chi connectivity index (χ2n) is 9.26. The number of nitrogens with zero attached hydrogens (tertiary/aromatic N) is 5. The standard InChI is InChI=1S/C27H28BrN5O5S.Na/c1-18-4-6-19(7-5-18)23-24(33-39(35,36)22-10-8-20(9-11-22)27(2,3)16-34)31-17-32-25(23)37-12-13-38-26-29-14-21(28)15-30-26;/h4-11,14-15,17,34H,12-13,16H2,1-3H3,(H,31,32,33,35,36);/q;+1/p-1. The Bertz CT molecular complexity index is 1550. The van der Waals surface area contributed by atoms with Crippen molar-refractivity contribution in [3.8, 4) is 23.0 Å². The number of hydrogen-bond donors (Lipinski definition) is 1. The van der Waals surface area contributed by atoms with E-state index in [1.165, 1.54) is 18.5 Å². The molecule has 0 saturated carbocycles. The van der Waals surface area contributed by atoms with Crippen LogP contribution in [0.2, 0.25) is 0 Å². The van der Waals surface area contributed by atoms with Crippen molar-refractivity contribution in [1.82, 2.24) is 19.9 Å². The van der Waals surface area contributed by atoms with Crippen molar-refractivity contribution in [2.75, 3.05) is 19.8 Å². The third kappa shape index (κ3) is 8.06. The first-order chi connectivity index (χ1) is 18.6. The molecule has 2 aromatic heterocycles. The summed E-state index contributed by atoms with van der Waals surface area (Å²) in [6.07, 6.45) is 4.34. The molecule has 13 heteroatoms. The van der Waals surface area contributed by atoms with E-state index in [2.05, 4.69) is 40.2 Å². The third-order valence-electron chi connectivity index (χ3n) is 5.82. The van der Waals surface area contributed by atoms with Crippen molar-refractivity contribution < 1.29 is 52.9 Å². The molecule has 4 aromatic rings. The maximum Gasteiger partial charge on any atom is 1.00 e. The van der Waals surface area contributed by atoms with E-state index < -0.39 is 15.4 Å². The summed E-state index contributed by atoms with van der Waals surface area (Å²) in [6, 6.07) is 13.9. The van der Waals surface area contributed by atoms with E-state index >= 15 is 0 Å². The van der Waals surface area contributed by atoms with Crippen LogP contribution in [0, 0.1) is 6.92 Å². The van der Waals surface area contributed by atoms with Crippen LogP contribution in [-0.4, -0.2) is 53.6 Å². The first-order valence-corrected chi connectivity index (χ1v) is 14.2. The maximum atomic E-state index is 13.3. The van der Waals surface area contributed by atoms with Gasteiger partial charge in [0.05, 0.1) is 16.6 Å². The summed E-state index contributed by atoms with van der Waals surface area (Å²) >= 11 is 3.27. The van der Waals surface area contributed by atoms with Gasteiger partial charge in [0.15, 0.2) is 5.82 Å². The first kappa shape index (κ1) is 32.1. The van der Waals surface area contributed by atoms with Crippen molar-refractivity contribution in [1.29, 1.82) is 0 Å². The SMILES string of the molecule is Cc1ccc(-c2c(N=S(=O)([O-])c3ccc(C(C)(C)CO)cc3)ncnc2OCCOc2ncc(Br)cn2)cc1.[Na+]. The third-order valence-corrected chi connectivity index (χ3v) is 7.51. The number of aliphatic hydroxyl groups is 1. The van der Waals surface area contributed by atoms with E-state index in [9.17, 15) is 13.9 Å². The van der Waals surface area contributed by atoms with Gasteiger partial charge in [-0.25, -0.2) is 19.9 Å². The molecule has 0 spiro atoms. The summed E-state index contributed by atoms with van der Waals surface area (Å²) in [7, 11) is -4.13. The molecule has 0 aliphatic carbocycles. The molecular weight excluding hydrogens is 609 g/mol. The number of aryl methyl sites for hydroxylation is 1. The normalized spacial score (nSPS) is 12.7. The van der Waals surface area contributed by atoms with E-state index in [-0.39, 0.29) is 72.0 Å². The Morgan fingerprint density at radius 3 is 2.23 bits per heavy atom. The zero-order valence-corrected chi connectivity index (χ0v) is 27.0. The molecular formula is C27H27BrN5NaO5S. The van der Waals surface area contributed by atoms with E-state index in [0.29, 0.717) is 11.1 Å². The maximum absolute atomic E-state index is 13.3. The molecule has 0 amide bonds. The predicted molar refractivity (Wildman–Crippen MR) is 149 cm³/mol. The summed E-state index contributed by atoms with van der Waals surface area (Å²) in [6.45, 7) is 5.82. The number of hydrogen-bond acceptors (Lipinski definition) is 10. The average Bonchev–Trinajstić information content (AvgIpc) is 2.93. The number of benzene rings is 2. The molecule has 40 heavy (non-hydrogen) atoms. The number of halogens is 1. The monoisotopic (exact) mass is 635 g/mol. The fraction of sp³-hybridized carbons (Fsp3) is 0.259. The van der Waals surface area contributed by atoms with Crippen LogP contribution in [-0.2, 0) is 15.4 Å². The minimum Gasteiger partial charge on any atom is -0.760 e. The van der Waals surface area contributed by atoms with Crippen molar-refractivity contribution in [3.05, 3.63) is 82.9 Å². The Kier molecular flexibility index (Phi) is 11.2. The minimum atomic E-state index is -4.13. The van der Waals surface area contributed by atoms with Crippen LogP contribution in [0.5, 0.6) is 11.9 Å². The molecule has 0 fully saturated rings. The molecule has 0 bridgehead atoms. The van der Waals surface area contributed by atoms with Crippen LogP contribution in [0.3, 0.4) is 0 Å². The van der Waals surface area contributed by atoms with Gasteiger partial charge >= 0.3 is 35.6 Å². The van der Waals surface area contributed by atoms with Gasteiger partial charge in [0.1, 0.15) is 19.5 Å². The van der Waals surface area contributed by atoms with Gasteiger partial charge in [0, 0.05) is 32.7 Å². The van der Waals surface area contributed by atoms with Crippen LogP contribution in [0.25, 0.3) is 11.1 Å². The van der Waals surface area contributed by atoms with Gasteiger partial charge < -0.3 is 19.1 Å². The molecule has 0 saturated heterocycles. The van der Waals surface area contributed by atoms with Crippen LogP contribution < -0.4 is 39.0 Å². The van der Waals surface area contributed by atoms with E-state index in [1.54, 1.807) is 24.5 Å². The van der Waals surface area contributed by atoms with Crippen LogP contribution >= 0.6 is 15.9 Å². The summed E-state index contributed by atoms with van der Waals surface area (Å²) in [4.78, 5) is 16.5. The fourth-order valence-corrected chi connectivity index (χ4v) is 4.65. The number of aromatic nitrogens is 4. The molecule has 2 heterocycles. The Labute approximate surface area is 264 Å². The topological polar surface area (TPSA) is 143 Å². The van der Waals surface area contributed by atoms with E-state index in [0.717, 1.165) is 15.6 Å². The van der Waals surface area contributed by atoms with Crippen molar-refractivity contribution in [3.63, 3.8) is 0 Å². The van der Waals surface area contributed by atoms with Crippen LogP contribution in [0.4, 0.5) is 5.82 Å². The van der Waals surface area contributed by atoms with Crippen LogP contribution in [0.1, 0.15) is 25.0 Å². The molecule has 1 atom stereocenters. The zero-order valence-electron chi connectivity index (χ0n) is 22.6. The van der Waals surface area contributed by atoms with Gasteiger partial charge in [-0.2, -0.15) is 4.36 Å². The van der Waals surface area contributed by atoms with Gasteiger partial charge in [0.2, 0.25) is 5.88 Å². The molecule has 4 rings (SSSR count). The van der Waals surface area contributed by atoms with Crippen LogP contribution in [0.15, 0.2) is 81.0 Å². The van der Waals surface area contributed by atoms with Gasteiger partial charge in [-0.1, -0.05) is 55.8 Å². The minimum absolute atomic E-state index is 0. The zero-order chi connectivity index (χ0) is 28.0. The molecule has 10 nitrogen and oxygen atoms in total. The summed E-state index contributed by atoms with van der Waals surface area (Å²) in [5, 5.41) is 9.62. The predicted octanol–water partition coefficient (Wildman–Crippen LogP) is 2.03. The number of aliphatic hydroxyl groups excluding tert-OH is 1. The van der Waals surface area contributed by atoms with Gasteiger partial charge in [-0.05, 0) is 46.1 Å². The molecule has 0 aliphatic rings. The van der Waals surface area contributed by atoms with E-state index in [1.807, 2.05) is 45.0 Å². The fourth-order valence-electron chi connectivity index (χ4n) is 3.49. The first-order valence-electron chi connectivity index (χ1n) is 11.9. The summed E-state index contributed by atoms with van der Waals surface area (Å²) in [5.74, 6) is 0.101. The Balaban J connectivity index is 0.00000441. The molecule has 2 aromatic carbocycles. The van der Waals surface area contributed by atoms with Crippen molar-refractivity contribution >= 4 is 31.8 Å². The Hall–Kier alpha value is -2.45. The smallest absolute Gasteiger partial charge is 0.760 e. The van der Waals surface area contributed by atoms with Gasteiger partial charge in [-0.3, -0.25) is 4.21 Å².